The summed E-state index contributed by atoms with van der Waals surface area (Å²) in [6, 6.07) is 3.72. The van der Waals surface area contributed by atoms with E-state index in [0.29, 0.717) is 48.5 Å². The molecular weight excluding hydrogens is 426 g/mol. The number of carbonyl (C=O) groups excluding carboxylic acids is 1. The number of rotatable bonds is 6. The van der Waals surface area contributed by atoms with Crippen molar-refractivity contribution in [2.24, 2.45) is 46.3 Å². The standard InChI is InChI=1S/C29H45NO4/c1-18(6-11-27(33)30-17-21-5-4-14-34-21)23-9-10-24-22-8-7-19-15-20(31)12-13-28(19,2)25(22)16-26(32)29(23,24)3/h4-5,14,18-20,22-26,31-32H,6-13,15-17H2,1-3H3,(H,30,33). The summed E-state index contributed by atoms with van der Waals surface area (Å²) in [5.74, 6) is 4.27. The molecule has 5 rings (SSSR count). The number of hydrogen-bond acceptors (Lipinski definition) is 4. The van der Waals surface area contributed by atoms with Crippen LogP contribution in [0.1, 0.15) is 90.7 Å². The molecule has 10 atom stereocenters. The third-order valence-electron chi connectivity index (χ3n) is 11.4. The Morgan fingerprint density at radius 3 is 2.74 bits per heavy atom. The first-order valence-electron chi connectivity index (χ1n) is 13.9. The number of carbonyl (C=O) groups is 1. The Labute approximate surface area is 205 Å². The fourth-order valence-corrected chi connectivity index (χ4v) is 9.41. The number of furan rings is 1. The maximum Gasteiger partial charge on any atom is 0.220 e. The Hall–Kier alpha value is -1.33. The molecule has 0 bridgehead atoms. The van der Waals surface area contributed by atoms with Crippen molar-refractivity contribution in [2.45, 2.75) is 104 Å². The van der Waals surface area contributed by atoms with Crippen LogP contribution in [0.3, 0.4) is 0 Å². The summed E-state index contributed by atoms with van der Waals surface area (Å²) in [4.78, 5) is 12.4. The third kappa shape index (κ3) is 4.05. The minimum absolute atomic E-state index is 0.0391. The third-order valence-corrected chi connectivity index (χ3v) is 11.4. The van der Waals surface area contributed by atoms with Crippen LogP contribution in [0.25, 0.3) is 0 Å². The van der Waals surface area contributed by atoms with Crippen LogP contribution < -0.4 is 5.32 Å². The molecule has 10 unspecified atom stereocenters. The van der Waals surface area contributed by atoms with Gasteiger partial charge in [-0.25, -0.2) is 0 Å². The molecule has 5 heteroatoms. The zero-order valence-corrected chi connectivity index (χ0v) is 21.3. The average Bonchev–Trinajstić information content (AvgIpc) is 3.46. The predicted molar refractivity (Wildman–Crippen MR) is 132 cm³/mol. The highest BCUT2D eigenvalue weighted by atomic mass is 16.3. The fourth-order valence-electron chi connectivity index (χ4n) is 9.41. The van der Waals surface area contributed by atoms with E-state index in [1.165, 1.54) is 25.7 Å². The van der Waals surface area contributed by atoms with Crippen molar-refractivity contribution in [3.8, 4) is 0 Å². The molecule has 4 aliphatic carbocycles. The van der Waals surface area contributed by atoms with Gasteiger partial charge in [0.05, 0.1) is 25.0 Å². The van der Waals surface area contributed by atoms with E-state index in [0.717, 1.165) is 37.9 Å². The van der Waals surface area contributed by atoms with Crippen LogP contribution in [0.4, 0.5) is 0 Å². The van der Waals surface area contributed by atoms with E-state index >= 15 is 0 Å². The number of fused-ring (bicyclic) bond motifs is 5. The second-order valence-electron chi connectivity index (χ2n) is 12.8. The molecule has 34 heavy (non-hydrogen) atoms. The van der Waals surface area contributed by atoms with E-state index in [1.54, 1.807) is 6.26 Å². The van der Waals surface area contributed by atoms with Crippen LogP contribution in [-0.2, 0) is 11.3 Å². The average molecular weight is 472 g/mol. The van der Waals surface area contributed by atoms with E-state index in [1.807, 2.05) is 12.1 Å². The normalized spacial score (nSPS) is 44.6. The largest absolute Gasteiger partial charge is 0.467 e. The summed E-state index contributed by atoms with van der Waals surface area (Å²) in [6.45, 7) is 7.61. The Balaban J connectivity index is 1.23. The molecular formula is C29H45NO4. The molecule has 0 aliphatic heterocycles. The zero-order valence-electron chi connectivity index (χ0n) is 21.3. The lowest BCUT2D eigenvalue weighted by Gasteiger charge is -2.62. The second-order valence-corrected chi connectivity index (χ2v) is 12.8. The van der Waals surface area contributed by atoms with Gasteiger partial charge in [-0.3, -0.25) is 4.79 Å². The van der Waals surface area contributed by atoms with Gasteiger partial charge in [-0.2, -0.15) is 0 Å². The van der Waals surface area contributed by atoms with Crippen molar-refractivity contribution in [3.63, 3.8) is 0 Å². The molecule has 3 N–H and O–H groups in total. The maximum absolute atomic E-state index is 12.4. The first-order chi connectivity index (χ1) is 16.2. The molecule has 0 radical (unpaired) electrons. The fraction of sp³-hybridized carbons (Fsp3) is 0.828. The first-order valence-corrected chi connectivity index (χ1v) is 13.9. The number of aliphatic hydroxyl groups is 2. The van der Waals surface area contributed by atoms with Crippen LogP contribution in [0.15, 0.2) is 22.8 Å². The lowest BCUT2D eigenvalue weighted by molar-refractivity contribution is -0.174. The van der Waals surface area contributed by atoms with Crippen molar-refractivity contribution >= 4 is 5.91 Å². The van der Waals surface area contributed by atoms with Gasteiger partial charge in [0.1, 0.15) is 5.76 Å². The molecule has 4 aliphatic rings. The molecule has 190 valence electrons. The quantitative estimate of drug-likeness (QED) is 0.526. The van der Waals surface area contributed by atoms with Gasteiger partial charge in [0.15, 0.2) is 0 Å². The van der Waals surface area contributed by atoms with Crippen LogP contribution in [0, 0.1) is 46.3 Å². The van der Waals surface area contributed by atoms with Crippen molar-refractivity contribution < 1.29 is 19.4 Å². The van der Waals surface area contributed by atoms with Crippen molar-refractivity contribution in [2.75, 3.05) is 0 Å². The Morgan fingerprint density at radius 1 is 1.15 bits per heavy atom. The number of amides is 1. The van der Waals surface area contributed by atoms with Crippen molar-refractivity contribution in [1.29, 1.82) is 0 Å². The highest BCUT2D eigenvalue weighted by Crippen LogP contribution is 2.68. The van der Waals surface area contributed by atoms with Gasteiger partial charge in [-0.15, -0.1) is 0 Å². The van der Waals surface area contributed by atoms with Gasteiger partial charge in [0, 0.05) is 6.42 Å². The van der Waals surface area contributed by atoms with Crippen LogP contribution >= 0.6 is 0 Å². The summed E-state index contributed by atoms with van der Waals surface area (Å²) in [5, 5.41) is 24.9. The van der Waals surface area contributed by atoms with E-state index in [-0.39, 0.29) is 28.9 Å². The molecule has 0 spiro atoms. The number of aliphatic hydroxyl groups excluding tert-OH is 2. The summed E-state index contributed by atoms with van der Waals surface area (Å²) in [5.41, 5.74) is 0.239. The highest BCUT2D eigenvalue weighted by molar-refractivity contribution is 5.75. The van der Waals surface area contributed by atoms with Gasteiger partial charge < -0.3 is 19.9 Å². The maximum atomic E-state index is 12.4. The Kier molecular flexibility index (Phi) is 6.65. The zero-order chi connectivity index (χ0) is 24.1. The molecule has 1 aromatic heterocycles. The van der Waals surface area contributed by atoms with Crippen LogP contribution in [0.5, 0.6) is 0 Å². The van der Waals surface area contributed by atoms with E-state index in [4.69, 9.17) is 4.42 Å². The van der Waals surface area contributed by atoms with Gasteiger partial charge in [0.2, 0.25) is 5.91 Å². The molecule has 4 saturated carbocycles. The van der Waals surface area contributed by atoms with Gasteiger partial charge >= 0.3 is 0 Å². The summed E-state index contributed by atoms with van der Waals surface area (Å²) in [6.07, 6.45) is 11.5. The van der Waals surface area contributed by atoms with Crippen molar-refractivity contribution in [3.05, 3.63) is 24.2 Å². The summed E-state index contributed by atoms with van der Waals surface area (Å²) >= 11 is 0. The van der Waals surface area contributed by atoms with E-state index in [2.05, 4.69) is 26.1 Å². The monoisotopic (exact) mass is 471 g/mol. The molecule has 0 saturated heterocycles. The SMILES string of the molecule is CC(CCC(=O)NCc1ccco1)C1CCC2C3CCC4CC(O)CCC4(C)C3CC(O)C12C. The van der Waals surface area contributed by atoms with E-state index in [9.17, 15) is 15.0 Å². The molecule has 4 fully saturated rings. The summed E-state index contributed by atoms with van der Waals surface area (Å²) < 4.78 is 5.31. The lowest BCUT2D eigenvalue weighted by atomic mass is 9.43. The molecule has 0 aromatic carbocycles. The summed E-state index contributed by atoms with van der Waals surface area (Å²) in [7, 11) is 0. The molecule has 5 nitrogen and oxygen atoms in total. The van der Waals surface area contributed by atoms with Gasteiger partial charge in [-0.1, -0.05) is 20.8 Å². The minimum atomic E-state index is -0.260. The minimum Gasteiger partial charge on any atom is -0.467 e. The highest BCUT2D eigenvalue weighted by Gasteiger charge is 2.63. The Morgan fingerprint density at radius 2 is 1.97 bits per heavy atom. The molecule has 1 heterocycles. The van der Waals surface area contributed by atoms with Gasteiger partial charge in [0.25, 0.3) is 0 Å². The molecule has 1 amide bonds. The van der Waals surface area contributed by atoms with Crippen molar-refractivity contribution in [1.82, 2.24) is 5.32 Å². The number of hydrogen-bond donors (Lipinski definition) is 3. The van der Waals surface area contributed by atoms with Crippen LogP contribution in [-0.4, -0.2) is 28.3 Å². The lowest BCUT2D eigenvalue weighted by Crippen LogP contribution is -2.58. The topological polar surface area (TPSA) is 82.7 Å². The van der Waals surface area contributed by atoms with E-state index < -0.39 is 0 Å². The smallest absolute Gasteiger partial charge is 0.220 e. The first kappa shape index (κ1) is 24.4. The Bertz CT molecular complexity index is 854. The van der Waals surface area contributed by atoms with Gasteiger partial charge in [-0.05, 0) is 116 Å². The molecule has 1 aromatic rings. The second kappa shape index (κ2) is 9.28. The predicted octanol–water partition coefficient (Wildman–Crippen LogP) is 5.30. The van der Waals surface area contributed by atoms with Crippen LogP contribution in [0.2, 0.25) is 0 Å². The number of nitrogens with one attached hydrogen (secondary N) is 1.